The molecule has 1 aromatic rings. The maximum absolute atomic E-state index is 11.9. The first-order chi connectivity index (χ1) is 11.3. The molecule has 2 saturated heterocycles. The molecule has 1 amide bonds. The molecule has 3 aliphatic rings. The van der Waals surface area contributed by atoms with Crippen LogP contribution in [0.2, 0.25) is 0 Å². The van der Waals surface area contributed by atoms with E-state index in [0.29, 0.717) is 11.3 Å². The van der Waals surface area contributed by atoms with Gasteiger partial charge >= 0.3 is 0 Å². The molecule has 2 aliphatic heterocycles. The molecule has 4 nitrogen and oxygen atoms in total. The number of amides is 1. The number of rotatable bonds is 6. The van der Waals surface area contributed by atoms with Crippen molar-refractivity contribution in [3.05, 3.63) is 22.4 Å². The quantitative estimate of drug-likeness (QED) is 0.868. The van der Waals surface area contributed by atoms with Crippen molar-refractivity contribution in [2.24, 2.45) is 5.41 Å². The third-order valence-electron chi connectivity index (χ3n) is 5.98. The second kappa shape index (κ2) is 6.54. The Morgan fingerprint density at radius 1 is 1.39 bits per heavy atom. The fraction of sp³-hybridized carbons (Fsp3) is 0.722. The predicted molar refractivity (Wildman–Crippen MR) is 93.5 cm³/mol. The lowest BCUT2D eigenvalue weighted by atomic mass is 9.93. The number of thiophene rings is 1. The van der Waals surface area contributed by atoms with Crippen LogP contribution in [0.1, 0.15) is 37.7 Å². The van der Waals surface area contributed by atoms with Crippen LogP contribution in [-0.2, 0) is 11.3 Å². The third-order valence-corrected chi connectivity index (χ3v) is 6.71. The summed E-state index contributed by atoms with van der Waals surface area (Å²) < 4.78 is 0. The fourth-order valence-corrected chi connectivity index (χ4v) is 5.12. The first kappa shape index (κ1) is 15.6. The zero-order valence-electron chi connectivity index (χ0n) is 13.8. The molecule has 5 heteroatoms. The Bertz CT molecular complexity index is 538. The van der Waals surface area contributed by atoms with Gasteiger partial charge in [0.1, 0.15) is 0 Å². The van der Waals surface area contributed by atoms with E-state index in [2.05, 4.69) is 31.9 Å². The summed E-state index contributed by atoms with van der Waals surface area (Å²) in [5.41, 5.74) is 2.00. The standard InChI is InChI=1S/C18H27N3OS/c22-17-2-1-8-20(17)9-10-21(13-15-3-11-23-14-15)16-12-18(16)4-6-19-7-5-18/h3,11,14,16,19H,1-2,4-10,12-13H2. The third kappa shape index (κ3) is 3.32. The molecule has 0 bridgehead atoms. The van der Waals surface area contributed by atoms with Gasteiger partial charge in [-0.05, 0) is 66.6 Å². The molecule has 1 aliphatic carbocycles. The van der Waals surface area contributed by atoms with Crippen molar-refractivity contribution in [2.75, 3.05) is 32.7 Å². The molecule has 1 N–H and O–H groups in total. The summed E-state index contributed by atoms with van der Waals surface area (Å²) in [6.07, 6.45) is 5.79. The van der Waals surface area contributed by atoms with Crippen LogP contribution >= 0.6 is 11.3 Å². The second-order valence-electron chi connectivity index (χ2n) is 7.42. The van der Waals surface area contributed by atoms with Crippen molar-refractivity contribution in [1.29, 1.82) is 0 Å². The van der Waals surface area contributed by atoms with Gasteiger partial charge in [0.15, 0.2) is 0 Å². The summed E-state index contributed by atoms with van der Waals surface area (Å²) in [6.45, 7) is 6.30. The highest BCUT2D eigenvalue weighted by molar-refractivity contribution is 7.07. The smallest absolute Gasteiger partial charge is 0.222 e. The largest absolute Gasteiger partial charge is 0.341 e. The number of carbonyl (C=O) groups excluding carboxylic acids is 1. The molecule has 1 aromatic heterocycles. The number of carbonyl (C=O) groups is 1. The number of nitrogens with zero attached hydrogens (tertiary/aromatic N) is 2. The van der Waals surface area contributed by atoms with Crippen LogP contribution in [-0.4, -0.2) is 54.5 Å². The lowest BCUT2D eigenvalue weighted by Crippen LogP contribution is -2.40. The van der Waals surface area contributed by atoms with Crippen LogP contribution in [0, 0.1) is 5.41 Å². The Morgan fingerprint density at radius 3 is 2.96 bits per heavy atom. The van der Waals surface area contributed by atoms with Gasteiger partial charge in [0, 0.05) is 38.6 Å². The Labute approximate surface area is 142 Å². The monoisotopic (exact) mass is 333 g/mol. The van der Waals surface area contributed by atoms with Crippen molar-refractivity contribution >= 4 is 17.2 Å². The van der Waals surface area contributed by atoms with E-state index in [4.69, 9.17) is 0 Å². The van der Waals surface area contributed by atoms with Crippen LogP contribution < -0.4 is 5.32 Å². The zero-order chi connectivity index (χ0) is 15.7. The van der Waals surface area contributed by atoms with E-state index in [1.165, 1.54) is 37.9 Å². The van der Waals surface area contributed by atoms with E-state index in [1.54, 1.807) is 11.3 Å². The summed E-state index contributed by atoms with van der Waals surface area (Å²) in [5, 5.41) is 7.94. The lowest BCUT2D eigenvalue weighted by molar-refractivity contribution is -0.127. The van der Waals surface area contributed by atoms with Gasteiger partial charge in [0.05, 0.1) is 0 Å². The van der Waals surface area contributed by atoms with Gasteiger partial charge in [-0.2, -0.15) is 11.3 Å². The summed E-state index contributed by atoms with van der Waals surface area (Å²) >= 11 is 1.78. The first-order valence-corrected chi connectivity index (χ1v) is 9.95. The molecule has 4 rings (SSSR count). The van der Waals surface area contributed by atoms with Gasteiger partial charge in [-0.15, -0.1) is 0 Å². The summed E-state index contributed by atoms with van der Waals surface area (Å²) in [7, 11) is 0. The summed E-state index contributed by atoms with van der Waals surface area (Å²) in [5.74, 6) is 0.354. The van der Waals surface area contributed by atoms with Crippen LogP contribution in [0.4, 0.5) is 0 Å². The van der Waals surface area contributed by atoms with E-state index < -0.39 is 0 Å². The molecule has 1 atom stereocenters. The Balaban J connectivity index is 1.40. The molecular weight excluding hydrogens is 306 g/mol. The van der Waals surface area contributed by atoms with Crippen molar-refractivity contribution < 1.29 is 4.79 Å². The minimum Gasteiger partial charge on any atom is -0.341 e. The second-order valence-corrected chi connectivity index (χ2v) is 8.20. The molecule has 0 radical (unpaired) electrons. The number of nitrogens with one attached hydrogen (secondary N) is 1. The number of piperidine rings is 1. The minimum atomic E-state index is 0.354. The van der Waals surface area contributed by atoms with Gasteiger partial charge in [0.2, 0.25) is 5.91 Å². The Kier molecular flexibility index (Phi) is 4.43. The molecule has 1 saturated carbocycles. The van der Waals surface area contributed by atoms with Crippen molar-refractivity contribution in [2.45, 2.75) is 44.7 Å². The SMILES string of the molecule is O=C1CCCN1CCN(Cc1ccsc1)C1CC12CCNCC2. The van der Waals surface area contributed by atoms with Gasteiger partial charge in [-0.1, -0.05) is 0 Å². The van der Waals surface area contributed by atoms with E-state index in [9.17, 15) is 4.79 Å². The van der Waals surface area contributed by atoms with Crippen molar-refractivity contribution in [1.82, 2.24) is 15.1 Å². The minimum absolute atomic E-state index is 0.354. The highest BCUT2D eigenvalue weighted by atomic mass is 32.1. The van der Waals surface area contributed by atoms with Crippen LogP contribution in [0.25, 0.3) is 0 Å². The molecule has 23 heavy (non-hydrogen) atoms. The highest BCUT2D eigenvalue weighted by Gasteiger charge is 2.56. The van der Waals surface area contributed by atoms with Gasteiger partial charge in [-0.3, -0.25) is 9.69 Å². The summed E-state index contributed by atoms with van der Waals surface area (Å²) in [4.78, 5) is 16.6. The van der Waals surface area contributed by atoms with Crippen LogP contribution in [0.5, 0.6) is 0 Å². The Hall–Kier alpha value is -0.910. The van der Waals surface area contributed by atoms with Crippen molar-refractivity contribution in [3.8, 4) is 0 Å². The number of hydrogen-bond donors (Lipinski definition) is 1. The van der Waals surface area contributed by atoms with Crippen molar-refractivity contribution in [3.63, 3.8) is 0 Å². The van der Waals surface area contributed by atoms with Crippen LogP contribution in [0.3, 0.4) is 0 Å². The normalized spacial score (nSPS) is 26.4. The van der Waals surface area contributed by atoms with Gasteiger partial charge in [-0.25, -0.2) is 0 Å². The molecular formula is C18H27N3OS. The van der Waals surface area contributed by atoms with Gasteiger partial charge in [0.25, 0.3) is 0 Å². The first-order valence-electron chi connectivity index (χ1n) is 9.00. The van der Waals surface area contributed by atoms with Crippen LogP contribution in [0.15, 0.2) is 16.8 Å². The number of hydrogen-bond acceptors (Lipinski definition) is 4. The topological polar surface area (TPSA) is 35.6 Å². The molecule has 0 aromatic carbocycles. The Morgan fingerprint density at radius 2 is 2.26 bits per heavy atom. The maximum Gasteiger partial charge on any atom is 0.222 e. The highest BCUT2D eigenvalue weighted by Crippen LogP contribution is 2.56. The van der Waals surface area contributed by atoms with E-state index in [1.807, 2.05) is 0 Å². The molecule has 3 fully saturated rings. The average Bonchev–Trinajstić information content (AvgIpc) is 2.95. The average molecular weight is 334 g/mol. The lowest BCUT2D eigenvalue weighted by Gasteiger charge is -2.30. The molecule has 1 unspecified atom stereocenters. The fourth-order valence-electron chi connectivity index (χ4n) is 4.46. The number of likely N-dealkylation sites (tertiary alicyclic amines) is 1. The van der Waals surface area contributed by atoms with E-state index in [-0.39, 0.29) is 0 Å². The zero-order valence-corrected chi connectivity index (χ0v) is 14.6. The maximum atomic E-state index is 11.9. The molecule has 126 valence electrons. The molecule has 3 heterocycles. The summed E-state index contributed by atoms with van der Waals surface area (Å²) in [6, 6.07) is 2.97. The predicted octanol–water partition coefficient (Wildman–Crippen LogP) is 2.31. The van der Waals surface area contributed by atoms with E-state index >= 15 is 0 Å². The molecule has 1 spiro atoms. The van der Waals surface area contributed by atoms with Gasteiger partial charge < -0.3 is 10.2 Å². The van der Waals surface area contributed by atoms with E-state index in [0.717, 1.165) is 45.1 Å².